The van der Waals surface area contributed by atoms with Crippen LogP contribution in [0.4, 0.5) is 0 Å². The van der Waals surface area contributed by atoms with Gasteiger partial charge >= 0.3 is 5.97 Å². The van der Waals surface area contributed by atoms with E-state index in [2.05, 4.69) is 31.9 Å². The van der Waals surface area contributed by atoms with Crippen molar-refractivity contribution in [3.8, 4) is 0 Å². The summed E-state index contributed by atoms with van der Waals surface area (Å²) in [7, 11) is -3.73. The molecule has 2 aromatic rings. The number of carbonyl (C=O) groups excluding carboxylic acids is 1. The summed E-state index contributed by atoms with van der Waals surface area (Å²) in [6.07, 6.45) is 0. The molecule has 6 nitrogen and oxygen atoms in total. The Morgan fingerprint density at radius 3 is 2.41 bits per heavy atom. The molecule has 1 aliphatic rings. The predicted molar refractivity (Wildman–Crippen MR) is 107 cm³/mol. The fourth-order valence-corrected chi connectivity index (χ4v) is 5.19. The topological polar surface area (TPSA) is 72.9 Å². The lowest BCUT2D eigenvalue weighted by molar-refractivity contribution is 0.0472. The lowest BCUT2D eigenvalue weighted by Gasteiger charge is -2.26. The highest BCUT2D eigenvalue weighted by atomic mass is 79.9. The molecule has 0 radical (unpaired) electrons. The zero-order chi connectivity index (χ0) is 19.4. The van der Waals surface area contributed by atoms with Gasteiger partial charge in [-0.1, -0.05) is 28.1 Å². The van der Waals surface area contributed by atoms with Crippen LogP contribution in [0.15, 0.2) is 56.3 Å². The van der Waals surface area contributed by atoms with Crippen LogP contribution in [0.2, 0.25) is 0 Å². The highest BCUT2D eigenvalue weighted by Crippen LogP contribution is 2.27. The molecule has 0 N–H and O–H groups in total. The third-order valence-corrected chi connectivity index (χ3v) is 7.46. The van der Waals surface area contributed by atoms with Gasteiger partial charge in [-0.05, 0) is 51.8 Å². The first-order valence-electron chi connectivity index (χ1n) is 8.17. The zero-order valence-corrected chi connectivity index (χ0v) is 18.2. The second-order valence-corrected chi connectivity index (χ2v) is 9.54. The van der Waals surface area contributed by atoms with Crippen molar-refractivity contribution < 1.29 is 22.7 Å². The maximum Gasteiger partial charge on any atom is 0.338 e. The summed E-state index contributed by atoms with van der Waals surface area (Å²) in [5.74, 6) is -0.580. The Morgan fingerprint density at radius 2 is 1.74 bits per heavy atom. The Bertz CT molecular complexity index is 925. The molecule has 1 heterocycles. The standard InChI is InChI=1S/C18H17Br2NO5S/c19-15-4-1-13(2-5-15)12-26-18(22)14-3-6-16(20)17(11-14)27(23,24)21-7-9-25-10-8-21/h1-6,11H,7-10,12H2. The third kappa shape index (κ3) is 4.97. The summed E-state index contributed by atoms with van der Waals surface area (Å²) in [6.45, 7) is 1.38. The average molecular weight is 519 g/mol. The zero-order valence-electron chi connectivity index (χ0n) is 14.2. The fraction of sp³-hybridized carbons (Fsp3) is 0.278. The second kappa shape index (κ2) is 8.83. The molecule has 0 spiro atoms. The molecule has 0 atom stereocenters. The lowest BCUT2D eigenvalue weighted by atomic mass is 10.2. The molecule has 0 aromatic heterocycles. The van der Waals surface area contributed by atoms with Gasteiger partial charge in [-0.15, -0.1) is 0 Å². The Balaban J connectivity index is 1.77. The Morgan fingerprint density at radius 1 is 1.07 bits per heavy atom. The van der Waals surface area contributed by atoms with Crippen LogP contribution in [0.25, 0.3) is 0 Å². The first kappa shape index (κ1) is 20.5. The smallest absolute Gasteiger partial charge is 0.338 e. The van der Waals surface area contributed by atoms with E-state index in [1.54, 1.807) is 6.07 Å². The van der Waals surface area contributed by atoms with Crippen molar-refractivity contribution in [1.29, 1.82) is 0 Å². The molecule has 1 fully saturated rings. The van der Waals surface area contributed by atoms with Crippen LogP contribution in [0.3, 0.4) is 0 Å². The van der Waals surface area contributed by atoms with Crippen LogP contribution in [0, 0.1) is 0 Å². The number of ether oxygens (including phenoxy) is 2. The molecule has 0 unspecified atom stereocenters. The van der Waals surface area contributed by atoms with E-state index >= 15 is 0 Å². The van der Waals surface area contributed by atoms with E-state index in [9.17, 15) is 13.2 Å². The van der Waals surface area contributed by atoms with Crippen molar-refractivity contribution in [2.45, 2.75) is 11.5 Å². The van der Waals surface area contributed by atoms with E-state index in [0.717, 1.165) is 10.0 Å². The van der Waals surface area contributed by atoms with Crippen LogP contribution < -0.4 is 0 Å². The predicted octanol–water partition coefficient (Wildman–Crippen LogP) is 3.59. The summed E-state index contributed by atoms with van der Waals surface area (Å²) in [5.41, 5.74) is 1.02. The van der Waals surface area contributed by atoms with Crippen molar-refractivity contribution in [3.63, 3.8) is 0 Å². The van der Waals surface area contributed by atoms with Crippen LogP contribution in [0.5, 0.6) is 0 Å². The molecule has 0 amide bonds. The summed E-state index contributed by atoms with van der Waals surface area (Å²) < 4.78 is 39.0. The van der Waals surface area contributed by atoms with Crippen LogP contribution >= 0.6 is 31.9 Å². The summed E-state index contributed by atoms with van der Waals surface area (Å²) >= 11 is 6.62. The number of carbonyl (C=O) groups is 1. The number of hydrogen-bond acceptors (Lipinski definition) is 5. The van der Waals surface area contributed by atoms with E-state index in [0.29, 0.717) is 17.7 Å². The minimum Gasteiger partial charge on any atom is -0.457 e. The monoisotopic (exact) mass is 517 g/mol. The molecule has 2 aromatic carbocycles. The van der Waals surface area contributed by atoms with E-state index in [1.165, 1.54) is 16.4 Å². The number of sulfonamides is 1. The maximum atomic E-state index is 12.9. The van der Waals surface area contributed by atoms with Gasteiger partial charge in [-0.2, -0.15) is 4.31 Å². The van der Waals surface area contributed by atoms with E-state index in [1.807, 2.05) is 24.3 Å². The van der Waals surface area contributed by atoms with Gasteiger partial charge in [0.15, 0.2) is 0 Å². The van der Waals surface area contributed by atoms with Gasteiger partial charge in [0.25, 0.3) is 0 Å². The highest BCUT2D eigenvalue weighted by molar-refractivity contribution is 9.10. The third-order valence-electron chi connectivity index (χ3n) is 4.04. The minimum atomic E-state index is -3.73. The highest BCUT2D eigenvalue weighted by Gasteiger charge is 2.29. The van der Waals surface area contributed by atoms with E-state index in [4.69, 9.17) is 9.47 Å². The molecule has 27 heavy (non-hydrogen) atoms. The first-order chi connectivity index (χ1) is 12.9. The van der Waals surface area contributed by atoms with Gasteiger partial charge in [-0.3, -0.25) is 0 Å². The Labute approximate surface area is 174 Å². The van der Waals surface area contributed by atoms with Crippen molar-refractivity contribution in [2.24, 2.45) is 0 Å². The van der Waals surface area contributed by atoms with E-state index in [-0.39, 0.29) is 30.2 Å². The van der Waals surface area contributed by atoms with Gasteiger partial charge < -0.3 is 9.47 Å². The normalized spacial score (nSPS) is 15.5. The summed E-state index contributed by atoms with van der Waals surface area (Å²) in [4.78, 5) is 12.4. The van der Waals surface area contributed by atoms with Crippen molar-refractivity contribution in [3.05, 3.63) is 62.5 Å². The van der Waals surface area contributed by atoms with Crippen molar-refractivity contribution >= 4 is 47.9 Å². The molecule has 0 bridgehead atoms. The van der Waals surface area contributed by atoms with Gasteiger partial charge in [0.2, 0.25) is 10.0 Å². The van der Waals surface area contributed by atoms with Crippen LogP contribution in [-0.4, -0.2) is 45.0 Å². The molecular formula is C18H17Br2NO5S. The number of halogens is 2. The second-order valence-electron chi connectivity index (χ2n) is 5.86. The molecule has 1 saturated heterocycles. The van der Waals surface area contributed by atoms with Crippen LogP contribution in [-0.2, 0) is 26.1 Å². The number of hydrogen-bond donors (Lipinski definition) is 0. The fourth-order valence-electron chi connectivity index (χ4n) is 2.57. The number of rotatable bonds is 5. The molecule has 3 rings (SSSR count). The Hall–Kier alpha value is -1.26. The van der Waals surface area contributed by atoms with Gasteiger partial charge in [-0.25, -0.2) is 13.2 Å². The lowest BCUT2D eigenvalue weighted by Crippen LogP contribution is -2.40. The maximum absolute atomic E-state index is 12.9. The number of esters is 1. The molecular weight excluding hydrogens is 502 g/mol. The molecule has 1 aliphatic heterocycles. The van der Waals surface area contributed by atoms with Crippen molar-refractivity contribution in [2.75, 3.05) is 26.3 Å². The van der Waals surface area contributed by atoms with Crippen molar-refractivity contribution in [1.82, 2.24) is 4.31 Å². The van der Waals surface area contributed by atoms with Gasteiger partial charge in [0, 0.05) is 22.0 Å². The first-order valence-corrected chi connectivity index (χ1v) is 11.2. The van der Waals surface area contributed by atoms with Crippen LogP contribution in [0.1, 0.15) is 15.9 Å². The quantitative estimate of drug-likeness (QED) is 0.565. The molecule has 0 saturated carbocycles. The minimum absolute atomic E-state index is 0.0440. The largest absolute Gasteiger partial charge is 0.457 e. The number of nitrogens with zero attached hydrogens (tertiary/aromatic N) is 1. The Kier molecular flexibility index (Phi) is 6.69. The van der Waals surface area contributed by atoms with E-state index < -0.39 is 16.0 Å². The summed E-state index contributed by atoms with van der Waals surface area (Å²) in [5, 5.41) is 0. The van der Waals surface area contributed by atoms with Gasteiger partial charge in [0.05, 0.1) is 23.7 Å². The average Bonchev–Trinajstić information content (AvgIpc) is 2.68. The van der Waals surface area contributed by atoms with Gasteiger partial charge in [0.1, 0.15) is 6.61 Å². The molecule has 144 valence electrons. The summed E-state index contributed by atoms with van der Waals surface area (Å²) in [6, 6.07) is 11.8. The number of morpholine rings is 1. The molecule has 9 heteroatoms. The number of benzene rings is 2. The SMILES string of the molecule is O=C(OCc1ccc(Br)cc1)c1ccc(Br)c(S(=O)(=O)N2CCOCC2)c1. The molecule has 0 aliphatic carbocycles.